The average molecular weight is 405 g/mol. The summed E-state index contributed by atoms with van der Waals surface area (Å²) in [5, 5.41) is 9.08. The Balaban J connectivity index is 1.44. The Morgan fingerprint density at radius 3 is 2.45 bits per heavy atom. The number of rotatable bonds is 9. The Hall–Kier alpha value is -1.63. The van der Waals surface area contributed by atoms with Gasteiger partial charge in [-0.3, -0.25) is 4.79 Å². The Morgan fingerprint density at radius 1 is 1.21 bits per heavy atom. The maximum Gasteiger partial charge on any atom is 0.306 e. The smallest absolute Gasteiger partial charge is 0.306 e. The number of piperidine rings is 1. The molecular formula is C23H36N2O4. The van der Waals surface area contributed by atoms with Gasteiger partial charge in [-0.2, -0.15) is 0 Å². The minimum absolute atomic E-state index is 0.160. The van der Waals surface area contributed by atoms with Crippen molar-refractivity contribution in [3.63, 3.8) is 0 Å². The van der Waals surface area contributed by atoms with Crippen LogP contribution in [-0.4, -0.2) is 81.0 Å². The zero-order valence-corrected chi connectivity index (χ0v) is 17.9. The van der Waals surface area contributed by atoms with E-state index in [0.29, 0.717) is 6.61 Å². The van der Waals surface area contributed by atoms with Crippen LogP contribution in [0.15, 0.2) is 24.3 Å². The van der Waals surface area contributed by atoms with Crippen molar-refractivity contribution < 1.29 is 19.4 Å². The number of hydrogen-bond acceptors (Lipinski definition) is 5. The molecule has 0 amide bonds. The van der Waals surface area contributed by atoms with Gasteiger partial charge in [0.1, 0.15) is 5.75 Å². The molecule has 1 aromatic rings. The molecule has 2 heterocycles. The van der Waals surface area contributed by atoms with Gasteiger partial charge in [-0.15, -0.1) is 0 Å². The van der Waals surface area contributed by atoms with E-state index in [9.17, 15) is 4.79 Å². The number of carboxylic acid groups (broad SMARTS) is 1. The highest BCUT2D eigenvalue weighted by molar-refractivity contribution is 5.70. The molecule has 0 atom stereocenters. The number of ether oxygens (including phenoxy) is 2. The van der Waals surface area contributed by atoms with Crippen LogP contribution in [0.5, 0.6) is 5.75 Å². The second-order valence-corrected chi connectivity index (χ2v) is 8.81. The first kappa shape index (κ1) is 22.1. The van der Waals surface area contributed by atoms with Crippen molar-refractivity contribution in [1.29, 1.82) is 0 Å². The van der Waals surface area contributed by atoms with E-state index >= 15 is 0 Å². The van der Waals surface area contributed by atoms with E-state index in [0.717, 1.165) is 77.2 Å². The summed E-state index contributed by atoms with van der Waals surface area (Å²) in [4.78, 5) is 15.7. The fraction of sp³-hybridized carbons (Fsp3) is 0.696. The summed E-state index contributed by atoms with van der Waals surface area (Å²) in [6.45, 7) is 6.11. The van der Waals surface area contributed by atoms with Crippen LogP contribution in [0, 0.1) is 5.92 Å². The molecule has 1 N–H and O–H groups in total. The maximum atomic E-state index is 11.0. The highest BCUT2D eigenvalue weighted by atomic mass is 16.5. The van der Waals surface area contributed by atoms with Gasteiger partial charge in [0.15, 0.2) is 0 Å². The zero-order chi connectivity index (χ0) is 20.7. The summed E-state index contributed by atoms with van der Waals surface area (Å²) < 4.78 is 11.6. The molecule has 6 heteroatoms. The van der Waals surface area contributed by atoms with Gasteiger partial charge in [0.2, 0.25) is 0 Å². The van der Waals surface area contributed by atoms with E-state index in [4.69, 9.17) is 14.6 Å². The van der Waals surface area contributed by atoms with E-state index in [1.54, 1.807) is 0 Å². The van der Waals surface area contributed by atoms with Gasteiger partial charge in [0, 0.05) is 31.7 Å². The number of carboxylic acids is 1. The van der Waals surface area contributed by atoms with Crippen LogP contribution in [0.25, 0.3) is 0 Å². The zero-order valence-electron chi connectivity index (χ0n) is 17.9. The Morgan fingerprint density at radius 2 is 1.86 bits per heavy atom. The van der Waals surface area contributed by atoms with Crippen molar-refractivity contribution in [2.45, 2.75) is 37.5 Å². The van der Waals surface area contributed by atoms with Crippen LogP contribution < -0.4 is 4.74 Å². The Labute approximate surface area is 174 Å². The van der Waals surface area contributed by atoms with E-state index < -0.39 is 5.97 Å². The van der Waals surface area contributed by atoms with E-state index in [1.165, 1.54) is 5.56 Å². The topological polar surface area (TPSA) is 62.2 Å². The minimum atomic E-state index is -0.649. The normalized spacial score (nSPS) is 20.7. The number of aliphatic carboxylic acids is 1. The van der Waals surface area contributed by atoms with Crippen LogP contribution >= 0.6 is 0 Å². The molecule has 6 nitrogen and oxygen atoms in total. The summed E-state index contributed by atoms with van der Waals surface area (Å²) in [6, 6.07) is 8.64. The van der Waals surface area contributed by atoms with Crippen LogP contribution in [0.2, 0.25) is 0 Å². The molecule has 1 aromatic carbocycles. The van der Waals surface area contributed by atoms with E-state index in [1.807, 2.05) is 0 Å². The molecule has 0 aliphatic carbocycles. The molecule has 29 heavy (non-hydrogen) atoms. The SMILES string of the molecule is CN(C)CC1(c2ccc(OCCCN3CCC(C(=O)O)CC3)cc2)CCOCC1. The monoisotopic (exact) mass is 404 g/mol. The van der Waals surface area contributed by atoms with Crippen LogP contribution in [0.1, 0.15) is 37.7 Å². The highest BCUT2D eigenvalue weighted by Gasteiger charge is 2.34. The number of hydrogen-bond donors (Lipinski definition) is 1. The third kappa shape index (κ3) is 6.17. The van der Waals surface area contributed by atoms with Gasteiger partial charge >= 0.3 is 5.97 Å². The van der Waals surface area contributed by atoms with Gasteiger partial charge in [0.25, 0.3) is 0 Å². The van der Waals surface area contributed by atoms with Gasteiger partial charge in [0.05, 0.1) is 12.5 Å². The molecule has 2 saturated heterocycles. The van der Waals surface area contributed by atoms with Gasteiger partial charge < -0.3 is 24.4 Å². The van der Waals surface area contributed by atoms with Crippen molar-refractivity contribution in [3.8, 4) is 5.75 Å². The lowest BCUT2D eigenvalue weighted by atomic mass is 9.74. The molecule has 162 valence electrons. The predicted molar refractivity (Wildman–Crippen MR) is 114 cm³/mol. The van der Waals surface area contributed by atoms with Gasteiger partial charge in [-0.1, -0.05) is 12.1 Å². The first-order chi connectivity index (χ1) is 14.0. The fourth-order valence-corrected chi connectivity index (χ4v) is 4.69. The first-order valence-electron chi connectivity index (χ1n) is 10.9. The third-order valence-electron chi connectivity index (χ3n) is 6.36. The Bertz CT molecular complexity index is 633. The molecule has 3 rings (SSSR count). The van der Waals surface area contributed by atoms with Crippen LogP contribution in [0.4, 0.5) is 0 Å². The van der Waals surface area contributed by atoms with Crippen molar-refractivity contribution in [2.24, 2.45) is 5.92 Å². The van der Waals surface area contributed by atoms with E-state index in [2.05, 4.69) is 48.2 Å². The number of likely N-dealkylation sites (N-methyl/N-ethyl adjacent to an activating group) is 1. The lowest BCUT2D eigenvalue weighted by Gasteiger charge is -2.39. The lowest BCUT2D eigenvalue weighted by Crippen LogP contribution is -2.42. The molecule has 2 aliphatic rings. The second-order valence-electron chi connectivity index (χ2n) is 8.81. The number of carbonyl (C=O) groups is 1. The molecule has 2 fully saturated rings. The molecule has 0 aromatic heterocycles. The molecule has 0 bridgehead atoms. The molecule has 0 spiro atoms. The van der Waals surface area contributed by atoms with E-state index in [-0.39, 0.29) is 11.3 Å². The number of benzene rings is 1. The van der Waals surface area contributed by atoms with Gasteiger partial charge in [-0.25, -0.2) is 0 Å². The number of nitrogens with zero attached hydrogens (tertiary/aromatic N) is 2. The average Bonchev–Trinajstić information content (AvgIpc) is 2.72. The largest absolute Gasteiger partial charge is 0.494 e. The standard InChI is InChI=1S/C23H36N2O4/c1-24(2)18-23(10-16-28-17-11-23)20-4-6-21(7-5-20)29-15-3-12-25-13-8-19(9-14-25)22(26)27/h4-7,19H,3,8-18H2,1-2H3,(H,26,27). The summed E-state index contributed by atoms with van der Waals surface area (Å²) in [5.74, 6) is 0.113. The second kappa shape index (κ2) is 10.4. The maximum absolute atomic E-state index is 11.0. The van der Waals surface area contributed by atoms with Crippen molar-refractivity contribution >= 4 is 5.97 Å². The van der Waals surface area contributed by atoms with Crippen LogP contribution in [-0.2, 0) is 14.9 Å². The lowest BCUT2D eigenvalue weighted by molar-refractivity contribution is -0.143. The highest BCUT2D eigenvalue weighted by Crippen LogP contribution is 2.36. The molecule has 2 aliphatic heterocycles. The molecule has 0 saturated carbocycles. The summed E-state index contributed by atoms with van der Waals surface area (Å²) in [6.07, 6.45) is 4.60. The Kier molecular flexibility index (Phi) is 7.92. The molecule has 0 radical (unpaired) electrons. The summed E-state index contributed by atoms with van der Waals surface area (Å²) in [5.41, 5.74) is 1.55. The quantitative estimate of drug-likeness (QED) is 0.639. The van der Waals surface area contributed by atoms with Crippen molar-refractivity contribution in [3.05, 3.63) is 29.8 Å². The fourth-order valence-electron chi connectivity index (χ4n) is 4.69. The first-order valence-corrected chi connectivity index (χ1v) is 10.9. The van der Waals surface area contributed by atoms with Crippen molar-refractivity contribution in [2.75, 3.05) is 60.1 Å². The number of likely N-dealkylation sites (tertiary alicyclic amines) is 1. The molecule has 0 unspecified atom stereocenters. The predicted octanol–water partition coefficient (Wildman–Crippen LogP) is 2.86. The summed E-state index contributed by atoms with van der Waals surface area (Å²) in [7, 11) is 4.28. The third-order valence-corrected chi connectivity index (χ3v) is 6.36. The van der Waals surface area contributed by atoms with Crippen LogP contribution in [0.3, 0.4) is 0 Å². The summed E-state index contributed by atoms with van der Waals surface area (Å²) >= 11 is 0. The minimum Gasteiger partial charge on any atom is -0.494 e. The van der Waals surface area contributed by atoms with Gasteiger partial charge in [-0.05, 0) is 77.0 Å². The molecular weight excluding hydrogens is 368 g/mol. The van der Waals surface area contributed by atoms with Crippen molar-refractivity contribution in [1.82, 2.24) is 9.80 Å².